The third-order valence-electron chi connectivity index (χ3n) is 3.32. The van der Waals surface area contributed by atoms with Crippen LogP contribution in [0.1, 0.15) is 0 Å². The lowest BCUT2D eigenvalue weighted by molar-refractivity contribution is 1.17. The minimum absolute atomic E-state index is 0.765. The van der Waals surface area contributed by atoms with Gasteiger partial charge in [-0.1, -0.05) is 12.1 Å². The molecule has 23 heavy (non-hydrogen) atoms. The zero-order valence-electron chi connectivity index (χ0n) is 12.5. The van der Waals surface area contributed by atoms with Crippen LogP contribution in [0.2, 0.25) is 0 Å². The number of nitrogens with one attached hydrogen (secondary N) is 1. The van der Waals surface area contributed by atoms with Crippen molar-refractivity contribution in [1.29, 1.82) is 0 Å². The van der Waals surface area contributed by atoms with Gasteiger partial charge in [0, 0.05) is 40.4 Å². The predicted molar refractivity (Wildman–Crippen MR) is 94.6 cm³/mol. The minimum Gasteiger partial charge on any atom is -0.399 e. The van der Waals surface area contributed by atoms with Crippen molar-refractivity contribution in [2.75, 3.05) is 11.5 Å². The van der Waals surface area contributed by atoms with Crippen molar-refractivity contribution in [2.45, 2.75) is 0 Å². The van der Waals surface area contributed by atoms with Crippen molar-refractivity contribution < 1.29 is 0 Å². The average Bonchev–Trinajstić information content (AvgIpc) is 3.00. The monoisotopic (exact) mass is 303 g/mol. The van der Waals surface area contributed by atoms with Gasteiger partial charge in [0.2, 0.25) is 0 Å². The van der Waals surface area contributed by atoms with Crippen molar-refractivity contribution >= 4 is 22.3 Å². The Morgan fingerprint density at radius 1 is 0.783 bits per heavy atom. The first-order valence-electron chi connectivity index (χ1n) is 7.16. The molecule has 114 valence electrons. The standard InChI is InChI=1S/C14H13N3.C4H4N2/c15-11-3-1-2-9(6-11)14-8-10-7-12(16)4-5-13(10)17-14;1-2-5-4-6-3-1/h1-8,17H,15-16H2;1-4H. The molecule has 2 aromatic heterocycles. The van der Waals surface area contributed by atoms with E-state index in [-0.39, 0.29) is 0 Å². The number of benzene rings is 2. The van der Waals surface area contributed by atoms with E-state index in [1.807, 2.05) is 42.5 Å². The van der Waals surface area contributed by atoms with Gasteiger partial charge in [0.05, 0.1) is 0 Å². The Morgan fingerprint density at radius 2 is 1.57 bits per heavy atom. The molecule has 0 fully saturated rings. The Hall–Kier alpha value is -3.34. The Labute approximate surface area is 134 Å². The Morgan fingerprint density at radius 3 is 2.22 bits per heavy atom. The van der Waals surface area contributed by atoms with Gasteiger partial charge in [-0.05, 0) is 48.0 Å². The molecule has 0 aliphatic carbocycles. The molecule has 0 aliphatic rings. The number of hydrogen-bond donors (Lipinski definition) is 3. The molecule has 2 heterocycles. The molecular formula is C18H17N5. The molecule has 0 saturated heterocycles. The van der Waals surface area contributed by atoms with E-state index in [9.17, 15) is 0 Å². The van der Waals surface area contributed by atoms with E-state index < -0.39 is 0 Å². The van der Waals surface area contributed by atoms with E-state index in [0.717, 1.165) is 33.5 Å². The molecule has 4 aromatic rings. The third kappa shape index (κ3) is 3.65. The highest BCUT2D eigenvalue weighted by Crippen LogP contribution is 2.26. The molecule has 0 amide bonds. The summed E-state index contributed by atoms with van der Waals surface area (Å²) in [7, 11) is 0. The summed E-state index contributed by atoms with van der Waals surface area (Å²) in [4.78, 5) is 10.7. The van der Waals surface area contributed by atoms with Crippen LogP contribution in [-0.4, -0.2) is 15.0 Å². The molecule has 0 atom stereocenters. The topological polar surface area (TPSA) is 93.6 Å². The van der Waals surface area contributed by atoms with Crippen molar-refractivity contribution in [1.82, 2.24) is 15.0 Å². The Balaban J connectivity index is 0.000000220. The summed E-state index contributed by atoms with van der Waals surface area (Å²) in [6.07, 6.45) is 4.88. The summed E-state index contributed by atoms with van der Waals surface area (Å²) in [5, 5.41) is 1.11. The zero-order valence-corrected chi connectivity index (χ0v) is 12.5. The highest BCUT2D eigenvalue weighted by atomic mass is 14.8. The molecule has 0 aliphatic heterocycles. The molecule has 0 bridgehead atoms. The number of rotatable bonds is 1. The van der Waals surface area contributed by atoms with Gasteiger partial charge in [-0.15, -0.1) is 0 Å². The van der Waals surface area contributed by atoms with Gasteiger partial charge >= 0.3 is 0 Å². The smallest absolute Gasteiger partial charge is 0.115 e. The first-order chi connectivity index (χ1) is 11.2. The number of H-pyrrole nitrogens is 1. The van der Waals surface area contributed by atoms with Crippen molar-refractivity contribution in [3.05, 3.63) is 73.3 Å². The average molecular weight is 303 g/mol. The number of aromatic nitrogens is 3. The lowest BCUT2D eigenvalue weighted by atomic mass is 10.1. The van der Waals surface area contributed by atoms with Crippen LogP contribution < -0.4 is 11.5 Å². The summed E-state index contributed by atoms with van der Waals surface area (Å²) < 4.78 is 0. The molecule has 5 N–H and O–H groups in total. The van der Waals surface area contributed by atoms with Crippen LogP contribution in [0, 0.1) is 0 Å². The largest absolute Gasteiger partial charge is 0.399 e. The van der Waals surface area contributed by atoms with E-state index in [1.165, 1.54) is 6.33 Å². The zero-order chi connectivity index (χ0) is 16.1. The van der Waals surface area contributed by atoms with Gasteiger partial charge in [0.1, 0.15) is 6.33 Å². The normalized spacial score (nSPS) is 10.1. The first kappa shape index (κ1) is 14.6. The summed E-state index contributed by atoms with van der Waals surface area (Å²) in [6, 6.07) is 17.5. The number of hydrogen-bond acceptors (Lipinski definition) is 4. The Kier molecular flexibility index (Phi) is 4.20. The van der Waals surface area contributed by atoms with Gasteiger partial charge in [-0.25, -0.2) is 9.97 Å². The third-order valence-corrected chi connectivity index (χ3v) is 3.32. The van der Waals surface area contributed by atoms with Crippen LogP contribution in [0.5, 0.6) is 0 Å². The maximum absolute atomic E-state index is 5.78. The molecule has 2 aromatic carbocycles. The van der Waals surface area contributed by atoms with Gasteiger partial charge in [0.25, 0.3) is 0 Å². The second-order valence-corrected chi connectivity index (χ2v) is 5.06. The minimum atomic E-state index is 0.765. The molecule has 5 heteroatoms. The molecule has 0 saturated carbocycles. The second kappa shape index (κ2) is 6.62. The molecule has 0 spiro atoms. The maximum Gasteiger partial charge on any atom is 0.115 e. The fourth-order valence-corrected chi connectivity index (χ4v) is 2.27. The van der Waals surface area contributed by atoms with Crippen LogP contribution >= 0.6 is 0 Å². The van der Waals surface area contributed by atoms with Crippen LogP contribution in [0.25, 0.3) is 22.2 Å². The lowest BCUT2D eigenvalue weighted by Crippen LogP contribution is -1.84. The van der Waals surface area contributed by atoms with Crippen LogP contribution in [0.3, 0.4) is 0 Å². The van der Waals surface area contributed by atoms with E-state index in [2.05, 4.69) is 21.0 Å². The van der Waals surface area contributed by atoms with Gasteiger partial charge < -0.3 is 16.5 Å². The number of nitrogens with two attached hydrogens (primary N) is 2. The van der Waals surface area contributed by atoms with E-state index >= 15 is 0 Å². The lowest BCUT2D eigenvalue weighted by Gasteiger charge is -1.98. The maximum atomic E-state index is 5.78. The van der Waals surface area contributed by atoms with Crippen molar-refractivity contribution in [3.63, 3.8) is 0 Å². The summed E-state index contributed by atoms with van der Waals surface area (Å²) >= 11 is 0. The molecular weight excluding hydrogens is 286 g/mol. The fourth-order valence-electron chi connectivity index (χ4n) is 2.27. The number of fused-ring (bicyclic) bond motifs is 1. The van der Waals surface area contributed by atoms with Crippen LogP contribution in [0.15, 0.2) is 73.3 Å². The number of aromatic amines is 1. The van der Waals surface area contributed by atoms with Crippen LogP contribution in [-0.2, 0) is 0 Å². The van der Waals surface area contributed by atoms with Crippen LogP contribution in [0.4, 0.5) is 11.4 Å². The quantitative estimate of drug-likeness (QED) is 0.469. The van der Waals surface area contributed by atoms with Crippen molar-refractivity contribution in [3.8, 4) is 11.3 Å². The predicted octanol–water partition coefficient (Wildman–Crippen LogP) is 3.48. The van der Waals surface area contributed by atoms with E-state index in [0.29, 0.717) is 0 Å². The highest BCUT2D eigenvalue weighted by Gasteiger charge is 2.03. The summed E-state index contributed by atoms with van der Waals surface area (Å²) in [6.45, 7) is 0. The van der Waals surface area contributed by atoms with Gasteiger partial charge in [-0.3, -0.25) is 0 Å². The van der Waals surface area contributed by atoms with Crippen molar-refractivity contribution in [2.24, 2.45) is 0 Å². The summed E-state index contributed by atoms with van der Waals surface area (Å²) in [5.41, 5.74) is 16.3. The first-order valence-corrected chi connectivity index (χ1v) is 7.16. The molecule has 5 nitrogen and oxygen atoms in total. The number of nitrogens with zero attached hydrogens (tertiary/aromatic N) is 2. The molecule has 0 unspecified atom stereocenters. The van der Waals surface area contributed by atoms with E-state index in [1.54, 1.807) is 18.5 Å². The van der Waals surface area contributed by atoms with E-state index in [4.69, 9.17) is 11.5 Å². The molecule has 0 radical (unpaired) electrons. The molecule has 4 rings (SSSR count). The number of anilines is 2. The second-order valence-electron chi connectivity index (χ2n) is 5.06. The van der Waals surface area contributed by atoms with Gasteiger partial charge in [0.15, 0.2) is 0 Å². The summed E-state index contributed by atoms with van der Waals surface area (Å²) in [5.74, 6) is 0. The Bertz CT molecular complexity index is 873. The SMILES string of the molecule is Nc1cccc(-c2cc3cc(N)ccc3[nH]2)c1.c1cncnc1. The highest BCUT2D eigenvalue weighted by molar-refractivity contribution is 5.88. The van der Waals surface area contributed by atoms with Gasteiger partial charge in [-0.2, -0.15) is 0 Å². The number of nitrogen functional groups attached to an aromatic ring is 2. The fraction of sp³-hybridized carbons (Fsp3) is 0.